The number of nitrogens with zero attached hydrogens (tertiary/aromatic N) is 4. The van der Waals surface area contributed by atoms with Crippen molar-refractivity contribution in [1.29, 1.82) is 0 Å². The van der Waals surface area contributed by atoms with Gasteiger partial charge in [0.1, 0.15) is 6.04 Å². The number of pyridine rings is 1. The lowest BCUT2D eigenvalue weighted by Gasteiger charge is -2.35. The Bertz CT molecular complexity index is 1180. The largest absolute Gasteiger partial charge is 0.403 e. The first-order valence-corrected chi connectivity index (χ1v) is 13.7. The van der Waals surface area contributed by atoms with E-state index in [2.05, 4.69) is 42.8 Å². The van der Waals surface area contributed by atoms with E-state index in [1.165, 1.54) is 12.4 Å². The molecule has 0 radical (unpaired) electrons. The summed E-state index contributed by atoms with van der Waals surface area (Å²) in [6.45, 7) is 3.88. The molecule has 1 aliphatic heterocycles. The minimum absolute atomic E-state index is 0.298. The lowest BCUT2D eigenvalue weighted by Crippen LogP contribution is -2.47. The fourth-order valence-corrected chi connectivity index (χ4v) is 5.24. The van der Waals surface area contributed by atoms with Crippen molar-refractivity contribution < 1.29 is 9.59 Å². The Morgan fingerprint density at radius 1 is 1.18 bits per heavy atom. The second-order valence-electron chi connectivity index (χ2n) is 10.3. The molecule has 1 unspecified atom stereocenters. The number of carbonyl (C=O) groups is 2. The van der Waals surface area contributed by atoms with E-state index in [1.807, 2.05) is 24.4 Å². The van der Waals surface area contributed by atoms with Gasteiger partial charge in [0.25, 0.3) is 5.91 Å². The smallest absolute Gasteiger partial charge is 0.252 e. The van der Waals surface area contributed by atoms with Crippen molar-refractivity contribution >= 4 is 35.1 Å². The highest BCUT2D eigenvalue weighted by Crippen LogP contribution is 2.30. The number of rotatable bonds is 10. The van der Waals surface area contributed by atoms with Crippen LogP contribution in [0.3, 0.4) is 0 Å². The summed E-state index contributed by atoms with van der Waals surface area (Å²) in [5, 5.41) is 9.21. The Morgan fingerprint density at radius 3 is 2.67 bits per heavy atom. The van der Waals surface area contributed by atoms with Crippen molar-refractivity contribution in [2.75, 3.05) is 50.5 Å². The van der Waals surface area contributed by atoms with Gasteiger partial charge in [0.05, 0.1) is 23.3 Å². The number of hydrogen-bond acceptors (Lipinski definition) is 8. The second-order valence-corrected chi connectivity index (χ2v) is 10.3. The van der Waals surface area contributed by atoms with Gasteiger partial charge in [-0.1, -0.05) is 31.7 Å². The van der Waals surface area contributed by atoms with E-state index >= 15 is 0 Å². The topological polar surface area (TPSA) is 128 Å². The monoisotopic (exact) mass is 532 g/mol. The maximum atomic E-state index is 13.4. The third kappa shape index (κ3) is 7.79. The Labute approximate surface area is 230 Å². The van der Waals surface area contributed by atoms with Gasteiger partial charge in [-0.25, -0.2) is 0 Å². The quantitative estimate of drug-likeness (QED) is 0.347. The average Bonchev–Trinajstić information content (AvgIpc) is 3.46. The zero-order valence-electron chi connectivity index (χ0n) is 22.9. The number of aliphatic imine (C=N–C) groups is 1. The van der Waals surface area contributed by atoms with E-state index in [9.17, 15) is 9.59 Å². The summed E-state index contributed by atoms with van der Waals surface area (Å²) in [7, 11) is 3.74. The second kappa shape index (κ2) is 13.7. The van der Waals surface area contributed by atoms with Crippen LogP contribution in [0, 0.1) is 5.92 Å². The van der Waals surface area contributed by atoms with Gasteiger partial charge in [-0.2, -0.15) is 0 Å². The van der Waals surface area contributed by atoms with Gasteiger partial charge in [-0.15, -0.1) is 0 Å². The van der Waals surface area contributed by atoms with E-state index in [-0.39, 0.29) is 11.8 Å². The number of anilines is 3. The van der Waals surface area contributed by atoms with Crippen LogP contribution in [0.4, 0.5) is 17.1 Å². The van der Waals surface area contributed by atoms with Crippen molar-refractivity contribution in [1.82, 2.24) is 20.5 Å². The zero-order valence-corrected chi connectivity index (χ0v) is 22.9. The first-order valence-electron chi connectivity index (χ1n) is 13.7. The fourth-order valence-electron chi connectivity index (χ4n) is 5.24. The molecule has 10 nitrogen and oxygen atoms in total. The molecule has 1 aliphatic carbocycles. The summed E-state index contributed by atoms with van der Waals surface area (Å²) in [5.74, 6) is -0.198. The number of nitrogens with two attached hydrogens (primary N) is 1. The number of allylic oxidation sites excluding steroid dienone is 1. The predicted octanol–water partition coefficient (Wildman–Crippen LogP) is 2.87. The maximum absolute atomic E-state index is 13.4. The molecule has 10 heteroatoms. The summed E-state index contributed by atoms with van der Waals surface area (Å²) in [6, 6.07) is 8.65. The van der Waals surface area contributed by atoms with Crippen LogP contribution in [0.15, 0.2) is 59.6 Å². The molecule has 2 amide bonds. The normalized spacial score (nSPS) is 17.8. The van der Waals surface area contributed by atoms with Gasteiger partial charge in [0, 0.05) is 63.1 Å². The molecule has 2 aromatic rings. The highest BCUT2D eigenvalue weighted by molar-refractivity contribution is 5.99. The zero-order chi connectivity index (χ0) is 27.6. The molecule has 1 saturated heterocycles. The number of carbonyl (C=O) groups excluding carboxylic acids is 2. The number of aromatic nitrogens is 1. The molecule has 2 fully saturated rings. The van der Waals surface area contributed by atoms with Crippen LogP contribution in [-0.4, -0.2) is 74.2 Å². The number of likely N-dealkylation sites (N-methyl/N-ethyl adjacent to an activating group) is 1. The first-order chi connectivity index (χ1) is 19.0. The van der Waals surface area contributed by atoms with Gasteiger partial charge in [0.15, 0.2) is 0 Å². The van der Waals surface area contributed by atoms with Crippen LogP contribution < -0.4 is 26.6 Å². The van der Waals surface area contributed by atoms with Gasteiger partial charge in [0.2, 0.25) is 5.91 Å². The number of benzene rings is 1. The highest BCUT2D eigenvalue weighted by atomic mass is 16.2. The summed E-state index contributed by atoms with van der Waals surface area (Å²) >= 11 is 0. The molecular formula is C29H40N8O2. The summed E-state index contributed by atoms with van der Waals surface area (Å²) in [4.78, 5) is 39.4. The van der Waals surface area contributed by atoms with Gasteiger partial charge >= 0.3 is 0 Å². The third-order valence-electron chi connectivity index (χ3n) is 7.43. The third-order valence-corrected chi connectivity index (χ3v) is 7.43. The SMILES string of the molecule is CN=C/C(=C\N)NC(=O)C(CC1CCCC1)NC(=O)c1cccc(Nc2cnccc2N2CCN(C)CC2)c1. The minimum atomic E-state index is -0.681. The number of piperazine rings is 1. The molecule has 4 rings (SSSR count). The Balaban J connectivity index is 1.47. The van der Waals surface area contributed by atoms with E-state index in [1.54, 1.807) is 25.4 Å². The van der Waals surface area contributed by atoms with Crippen LogP contribution in [-0.2, 0) is 4.79 Å². The number of amides is 2. The van der Waals surface area contributed by atoms with Crippen molar-refractivity contribution in [3.8, 4) is 0 Å². The van der Waals surface area contributed by atoms with Crippen LogP contribution in [0.25, 0.3) is 0 Å². The van der Waals surface area contributed by atoms with Crippen molar-refractivity contribution in [2.24, 2.45) is 16.6 Å². The molecule has 2 heterocycles. The molecule has 1 aromatic heterocycles. The van der Waals surface area contributed by atoms with Crippen LogP contribution >= 0.6 is 0 Å². The van der Waals surface area contributed by atoms with E-state index in [0.717, 1.165) is 68.9 Å². The Morgan fingerprint density at radius 2 is 1.95 bits per heavy atom. The molecule has 1 atom stereocenters. The molecule has 0 bridgehead atoms. The Hall–Kier alpha value is -3.92. The van der Waals surface area contributed by atoms with Gasteiger partial charge < -0.3 is 31.5 Å². The van der Waals surface area contributed by atoms with Gasteiger partial charge in [-0.05, 0) is 43.7 Å². The summed E-state index contributed by atoms with van der Waals surface area (Å²) < 4.78 is 0. The van der Waals surface area contributed by atoms with Crippen molar-refractivity contribution in [3.63, 3.8) is 0 Å². The van der Waals surface area contributed by atoms with Crippen LogP contribution in [0.2, 0.25) is 0 Å². The van der Waals surface area contributed by atoms with Crippen molar-refractivity contribution in [2.45, 2.75) is 38.1 Å². The minimum Gasteiger partial charge on any atom is -0.403 e. The lowest BCUT2D eigenvalue weighted by molar-refractivity contribution is -0.122. The summed E-state index contributed by atoms with van der Waals surface area (Å²) in [5.41, 5.74) is 9.25. The first kappa shape index (κ1) is 28.1. The van der Waals surface area contributed by atoms with Crippen LogP contribution in [0.1, 0.15) is 42.5 Å². The Kier molecular flexibility index (Phi) is 9.91. The van der Waals surface area contributed by atoms with E-state index in [4.69, 9.17) is 5.73 Å². The maximum Gasteiger partial charge on any atom is 0.252 e. The molecule has 5 N–H and O–H groups in total. The molecule has 0 spiro atoms. The average molecular weight is 533 g/mol. The standard InChI is InChI=1S/C29H40N8O2/c1-31-19-24(18-30)34-29(39)25(16-21-6-3-4-7-21)35-28(38)22-8-5-9-23(17-22)33-26-20-32-11-10-27(26)37-14-12-36(2)13-15-37/h5,8-11,17-21,25,33H,3-4,6-7,12-16,30H2,1-2H3,(H,34,39)(H,35,38)/b24-18+,31-19?. The van der Waals surface area contributed by atoms with Crippen molar-refractivity contribution in [3.05, 3.63) is 60.2 Å². The number of hydrogen-bond donors (Lipinski definition) is 4. The summed E-state index contributed by atoms with van der Waals surface area (Å²) in [6.07, 6.45) is 11.4. The molecular weight excluding hydrogens is 492 g/mol. The van der Waals surface area contributed by atoms with E-state index in [0.29, 0.717) is 23.6 Å². The molecule has 2 aliphatic rings. The molecule has 39 heavy (non-hydrogen) atoms. The molecule has 1 saturated carbocycles. The molecule has 1 aromatic carbocycles. The molecule has 208 valence electrons. The number of nitrogens with one attached hydrogen (secondary N) is 3. The lowest BCUT2D eigenvalue weighted by atomic mass is 9.97. The predicted molar refractivity (Wildman–Crippen MR) is 156 cm³/mol. The van der Waals surface area contributed by atoms with Gasteiger partial charge in [-0.3, -0.25) is 19.6 Å². The van der Waals surface area contributed by atoms with Crippen LogP contribution in [0.5, 0.6) is 0 Å². The van der Waals surface area contributed by atoms with E-state index < -0.39 is 6.04 Å². The fraction of sp³-hybridized carbons (Fsp3) is 0.448. The highest BCUT2D eigenvalue weighted by Gasteiger charge is 2.27.